The number of aromatic nitrogens is 2. The molecular formula is C21H23N3O3S. The quantitative estimate of drug-likeness (QED) is 0.641. The highest BCUT2D eigenvalue weighted by molar-refractivity contribution is 7.07. The normalized spacial score (nSPS) is 10.8. The monoisotopic (exact) mass is 397 g/mol. The van der Waals surface area contributed by atoms with Crippen molar-refractivity contribution in [3.8, 4) is 16.7 Å². The number of hydrogen-bond donors (Lipinski definition) is 1. The van der Waals surface area contributed by atoms with Gasteiger partial charge in [-0.1, -0.05) is 29.8 Å². The molecule has 1 amide bonds. The van der Waals surface area contributed by atoms with E-state index in [2.05, 4.69) is 45.9 Å². The second-order valence-electron chi connectivity index (χ2n) is 6.73. The molecule has 0 aliphatic carbocycles. The fourth-order valence-corrected chi connectivity index (χ4v) is 3.14. The predicted octanol–water partition coefficient (Wildman–Crippen LogP) is 4.38. The molecule has 28 heavy (non-hydrogen) atoms. The van der Waals surface area contributed by atoms with Crippen LogP contribution in [-0.2, 0) is 6.42 Å². The SMILES string of the molecule is COc1ccc(C(=O)NC(C)C)cc1Oc1nc(Cc2ccc(C)cc2)ns1. The van der Waals surface area contributed by atoms with Crippen molar-refractivity contribution < 1.29 is 14.3 Å². The van der Waals surface area contributed by atoms with Gasteiger partial charge in [0, 0.05) is 29.6 Å². The maximum Gasteiger partial charge on any atom is 0.298 e. The first-order valence-corrected chi connectivity index (χ1v) is 9.77. The summed E-state index contributed by atoms with van der Waals surface area (Å²) in [5.74, 6) is 1.48. The van der Waals surface area contributed by atoms with Gasteiger partial charge in [0.25, 0.3) is 11.1 Å². The Bertz CT molecular complexity index is 952. The van der Waals surface area contributed by atoms with E-state index >= 15 is 0 Å². The van der Waals surface area contributed by atoms with Crippen LogP contribution in [0.25, 0.3) is 0 Å². The van der Waals surface area contributed by atoms with Crippen molar-refractivity contribution in [2.75, 3.05) is 7.11 Å². The van der Waals surface area contributed by atoms with Gasteiger partial charge >= 0.3 is 0 Å². The number of carbonyl (C=O) groups is 1. The van der Waals surface area contributed by atoms with Crippen molar-refractivity contribution >= 4 is 17.4 Å². The van der Waals surface area contributed by atoms with Gasteiger partial charge in [-0.15, -0.1) is 0 Å². The molecule has 0 bridgehead atoms. The Labute approximate surface area is 168 Å². The number of aryl methyl sites for hydroxylation is 1. The van der Waals surface area contributed by atoms with Crippen LogP contribution in [0.4, 0.5) is 0 Å². The van der Waals surface area contributed by atoms with E-state index in [-0.39, 0.29) is 11.9 Å². The Balaban J connectivity index is 1.76. The molecule has 2 aromatic carbocycles. The molecule has 0 fully saturated rings. The number of benzene rings is 2. The van der Waals surface area contributed by atoms with E-state index in [1.807, 2.05) is 13.8 Å². The summed E-state index contributed by atoms with van der Waals surface area (Å²) >= 11 is 1.17. The summed E-state index contributed by atoms with van der Waals surface area (Å²) < 4.78 is 15.6. The van der Waals surface area contributed by atoms with E-state index in [4.69, 9.17) is 9.47 Å². The lowest BCUT2D eigenvalue weighted by molar-refractivity contribution is 0.0942. The van der Waals surface area contributed by atoms with Crippen molar-refractivity contribution in [2.24, 2.45) is 0 Å². The van der Waals surface area contributed by atoms with Gasteiger partial charge in [0.15, 0.2) is 17.3 Å². The molecule has 7 heteroatoms. The third-order valence-corrected chi connectivity index (χ3v) is 4.61. The first-order valence-electron chi connectivity index (χ1n) is 8.99. The summed E-state index contributed by atoms with van der Waals surface area (Å²) in [4.78, 5) is 16.7. The van der Waals surface area contributed by atoms with Crippen molar-refractivity contribution in [1.82, 2.24) is 14.7 Å². The molecular weight excluding hydrogens is 374 g/mol. The fraction of sp³-hybridized carbons (Fsp3) is 0.286. The molecule has 0 saturated carbocycles. The number of ether oxygens (including phenoxy) is 2. The van der Waals surface area contributed by atoms with Crippen LogP contribution >= 0.6 is 11.5 Å². The van der Waals surface area contributed by atoms with Crippen LogP contribution in [0.3, 0.4) is 0 Å². The molecule has 0 atom stereocenters. The molecule has 146 valence electrons. The average molecular weight is 398 g/mol. The molecule has 1 aromatic heterocycles. The topological polar surface area (TPSA) is 73.3 Å². The zero-order valence-corrected chi connectivity index (χ0v) is 17.2. The number of amides is 1. The standard InChI is InChI=1S/C21H23N3O3S/c1-13(2)22-20(25)16-9-10-17(26-4)18(12-16)27-21-23-19(24-28-21)11-15-7-5-14(3)6-8-15/h5-10,12-13H,11H2,1-4H3,(H,22,25). The lowest BCUT2D eigenvalue weighted by Crippen LogP contribution is -2.30. The highest BCUT2D eigenvalue weighted by Crippen LogP contribution is 2.33. The zero-order chi connectivity index (χ0) is 20.1. The number of methoxy groups -OCH3 is 1. The molecule has 1 heterocycles. The fourth-order valence-electron chi connectivity index (χ4n) is 2.58. The maximum absolute atomic E-state index is 12.3. The van der Waals surface area contributed by atoms with Crippen LogP contribution in [-0.4, -0.2) is 28.4 Å². The van der Waals surface area contributed by atoms with E-state index in [0.29, 0.717) is 34.5 Å². The van der Waals surface area contributed by atoms with Crippen LogP contribution in [0.1, 0.15) is 41.2 Å². The van der Waals surface area contributed by atoms with E-state index in [0.717, 1.165) is 5.56 Å². The Morgan fingerprint density at radius 2 is 1.89 bits per heavy atom. The first-order chi connectivity index (χ1) is 13.4. The summed E-state index contributed by atoms with van der Waals surface area (Å²) in [7, 11) is 1.55. The summed E-state index contributed by atoms with van der Waals surface area (Å²) in [5, 5.41) is 3.27. The predicted molar refractivity (Wildman–Crippen MR) is 110 cm³/mol. The van der Waals surface area contributed by atoms with Crippen LogP contribution in [0.5, 0.6) is 16.7 Å². The second kappa shape index (κ2) is 8.84. The third-order valence-electron chi connectivity index (χ3n) is 3.98. The first kappa shape index (κ1) is 19.8. The molecule has 6 nitrogen and oxygen atoms in total. The molecule has 3 rings (SSSR count). The van der Waals surface area contributed by atoms with Gasteiger partial charge in [-0.3, -0.25) is 4.79 Å². The van der Waals surface area contributed by atoms with Gasteiger partial charge in [-0.25, -0.2) is 0 Å². The molecule has 0 spiro atoms. The molecule has 0 unspecified atom stereocenters. The number of carbonyl (C=O) groups excluding carboxylic acids is 1. The summed E-state index contributed by atoms with van der Waals surface area (Å²) in [6.45, 7) is 5.88. The minimum absolute atomic E-state index is 0.0477. The van der Waals surface area contributed by atoms with E-state index in [9.17, 15) is 4.79 Å². The van der Waals surface area contributed by atoms with Crippen LogP contribution < -0.4 is 14.8 Å². The summed E-state index contributed by atoms with van der Waals surface area (Å²) in [6.07, 6.45) is 0.633. The zero-order valence-electron chi connectivity index (χ0n) is 16.4. The molecule has 0 aliphatic heterocycles. The summed E-state index contributed by atoms with van der Waals surface area (Å²) in [6, 6.07) is 13.4. The van der Waals surface area contributed by atoms with Gasteiger partial charge in [-0.05, 0) is 44.5 Å². The van der Waals surface area contributed by atoms with E-state index in [1.165, 1.54) is 17.1 Å². The Hall–Kier alpha value is -2.93. The average Bonchev–Trinajstić information content (AvgIpc) is 3.10. The van der Waals surface area contributed by atoms with Gasteiger partial charge in [0.1, 0.15) is 0 Å². The van der Waals surface area contributed by atoms with Gasteiger partial charge in [0.2, 0.25) is 0 Å². The highest BCUT2D eigenvalue weighted by Gasteiger charge is 2.15. The van der Waals surface area contributed by atoms with Gasteiger partial charge < -0.3 is 14.8 Å². The van der Waals surface area contributed by atoms with Crippen molar-refractivity contribution in [1.29, 1.82) is 0 Å². The van der Waals surface area contributed by atoms with Gasteiger partial charge in [0.05, 0.1) is 7.11 Å². The van der Waals surface area contributed by atoms with Crippen LogP contribution in [0.2, 0.25) is 0 Å². The maximum atomic E-state index is 12.3. The Morgan fingerprint density at radius 1 is 1.14 bits per heavy atom. The van der Waals surface area contributed by atoms with Crippen LogP contribution in [0.15, 0.2) is 42.5 Å². The van der Waals surface area contributed by atoms with Gasteiger partial charge in [-0.2, -0.15) is 9.36 Å². The minimum Gasteiger partial charge on any atom is -0.493 e. The lowest BCUT2D eigenvalue weighted by Gasteiger charge is -2.12. The molecule has 0 aliphatic rings. The molecule has 3 aromatic rings. The van der Waals surface area contributed by atoms with Crippen molar-refractivity contribution in [3.63, 3.8) is 0 Å². The smallest absolute Gasteiger partial charge is 0.298 e. The number of nitrogens with one attached hydrogen (secondary N) is 1. The highest BCUT2D eigenvalue weighted by atomic mass is 32.1. The largest absolute Gasteiger partial charge is 0.493 e. The molecule has 0 radical (unpaired) electrons. The third kappa shape index (κ3) is 5.07. The van der Waals surface area contributed by atoms with Crippen molar-refractivity contribution in [2.45, 2.75) is 33.2 Å². The molecule has 0 saturated heterocycles. The number of hydrogen-bond acceptors (Lipinski definition) is 6. The minimum atomic E-state index is -0.167. The second-order valence-corrected chi connectivity index (χ2v) is 7.45. The number of rotatable bonds is 7. The number of nitrogens with zero attached hydrogens (tertiary/aromatic N) is 2. The van der Waals surface area contributed by atoms with E-state index < -0.39 is 0 Å². The summed E-state index contributed by atoms with van der Waals surface area (Å²) in [5.41, 5.74) is 2.85. The Kier molecular flexibility index (Phi) is 6.26. The Morgan fingerprint density at radius 3 is 2.57 bits per heavy atom. The molecule has 1 N–H and O–H groups in total. The lowest BCUT2D eigenvalue weighted by atomic mass is 10.1. The van der Waals surface area contributed by atoms with Crippen LogP contribution in [0, 0.1) is 6.92 Å². The van der Waals surface area contributed by atoms with Crippen molar-refractivity contribution in [3.05, 3.63) is 65.0 Å². The van der Waals surface area contributed by atoms with E-state index in [1.54, 1.807) is 25.3 Å².